The van der Waals surface area contributed by atoms with Crippen LogP contribution in [0.25, 0.3) is 10.8 Å². The summed E-state index contributed by atoms with van der Waals surface area (Å²) in [6, 6.07) is 14.1. The maximum Gasteiger partial charge on any atom is 0.230 e. The van der Waals surface area contributed by atoms with Gasteiger partial charge < -0.3 is 5.32 Å². The van der Waals surface area contributed by atoms with Gasteiger partial charge >= 0.3 is 0 Å². The Hall–Kier alpha value is -2.20. The van der Waals surface area contributed by atoms with Crippen LogP contribution in [0.2, 0.25) is 0 Å². The second kappa shape index (κ2) is 5.43. The molecule has 1 aromatic heterocycles. The van der Waals surface area contributed by atoms with Crippen molar-refractivity contribution in [3.05, 3.63) is 59.1 Å². The number of aryl methyl sites for hydroxylation is 1. The lowest BCUT2D eigenvalue weighted by Gasteiger charge is -2.06. The van der Waals surface area contributed by atoms with Crippen molar-refractivity contribution < 1.29 is 4.79 Å². The Morgan fingerprint density at radius 1 is 1.20 bits per heavy atom. The number of amides is 1. The number of thiazole rings is 1. The zero-order valence-electron chi connectivity index (χ0n) is 11.1. The Balaban J connectivity index is 1.81. The fourth-order valence-electron chi connectivity index (χ4n) is 2.19. The van der Waals surface area contributed by atoms with Gasteiger partial charge in [-0.25, -0.2) is 4.98 Å². The molecule has 4 heteroatoms. The fraction of sp³-hybridized carbons (Fsp3) is 0.125. The van der Waals surface area contributed by atoms with Crippen LogP contribution in [0.15, 0.2) is 47.8 Å². The van der Waals surface area contributed by atoms with Crippen LogP contribution in [-0.2, 0) is 11.2 Å². The summed E-state index contributed by atoms with van der Waals surface area (Å²) in [4.78, 5) is 16.3. The average Bonchev–Trinajstić information content (AvgIpc) is 2.84. The third-order valence-corrected chi connectivity index (χ3v) is 3.97. The maximum absolute atomic E-state index is 12.1. The molecule has 0 saturated carbocycles. The number of fused-ring (bicyclic) bond motifs is 1. The zero-order chi connectivity index (χ0) is 13.9. The molecule has 1 amide bonds. The van der Waals surface area contributed by atoms with E-state index in [1.807, 2.05) is 42.6 Å². The molecule has 3 nitrogen and oxygen atoms in total. The highest BCUT2D eigenvalue weighted by molar-refractivity contribution is 7.13. The van der Waals surface area contributed by atoms with Gasteiger partial charge in [0, 0.05) is 5.38 Å². The lowest BCUT2D eigenvalue weighted by Crippen LogP contribution is -2.14. The predicted molar refractivity (Wildman–Crippen MR) is 83.1 cm³/mol. The number of anilines is 1. The summed E-state index contributed by atoms with van der Waals surface area (Å²) in [5.41, 5.74) is 1.96. The number of rotatable bonds is 3. The maximum atomic E-state index is 12.1. The highest BCUT2D eigenvalue weighted by Crippen LogP contribution is 2.20. The van der Waals surface area contributed by atoms with E-state index in [0.717, 1.165) is 22.0 Å². The molecule has 0 radical (unpaired) electrons. The van der Waals surface area contributed by atoms with E-state index in [0.29, 0.717) is 11.6 Å². The summed E-state index contributed by atoms with van der Waals surface area (Å²) in [6.07, 6.45) is 0.361. The molecule has 0 bridgehead atoms. The van der Waals surface area contributed by atoms with Crippen molar-refractivity contribution in [2.75, 3.05) is 5.32 Å². The molecular formula is C16H14N2OS. The molecular weight excluding hydrogens is 268 g/mol. The lowest BCUT2D eigenvalue weighted by molar-refractivity contribution is -0.115. The Kier molecular flexibility index (Phi) is 3.48. The summed E-state index contributed by atoms with van der Waals surface area (Å²) < 4.78 is 0. The SMILES string of the molecule is Cc1csc(NC(=O)Cc2cccc3ccccc23)n1. The van der Waals surface area contributed by atoms with E-state index in [-0.39, 0.29) is 5.91 Å². The highest BCUT2D eigenvalue weighted by atomic mass is 32.1. The van der Waals surface area contributed by atoms with Gasteiger partial charge in [0.15, 0.2) is 5.13 Å². The van der Waals surface area contributed by atoms with Crippen LogP contribution in [0.3, 0.4) is 0 Å². The van der Waals surface area contributed by atoms with E-state index in [4.69, 9.17) is 0 Å². The first-order valence-corrected chi connectivity index (χ1v) is 7.29. The number of benzene rings is 2. The van der Waals surface area contributed by atoms with E-state index < -0.39 is 0 Å². The predicted octanol–water partition coefficient (Wildman–Crippen LogP) is 3.79. The monoisotopic (exact) mass is 282 g/mol. The van der Waals surface area contributed by atoms with Gasteiger partial charge in [-0.05, 0) is 23.3 Å². The quantitative estimate of drug-likeness (QED) is 0.794. The second-order valence-corrected chi connectivity index (χ2v) is 5.52. The Bertz CT molecular complexity index is 759. The molecule has 0 unspecified atom stereocenters. The van der Waals surface area contributed by atoms with Gasteiger partial charge in [0.2, 0.25) is 5.91 Å². The summed E-state index contributed by atoms with van der Waals surface area (Å²) in [6.45, 7) is 1.91. The van der Waals surface area contributed by atoms with E-state index >= 15 is 0 Å². The molecule has 0 aliphatic rings. The number of carbonyl (C=O) groups excluding carboxylic acids is 1. The van der Waals surface area contributed by atoms with Crippen LogP contribution in [0.5, 0.6) is 0 Å². The molecule has 1 N–H and O–H groups in total. The first-order chi connectivity index (χ1) is 9.72. The third-order valence-electron chi connectivity index (χ3n) is 3.10. The molecule has 1 heterocycles. The van der Waals surface area contributed by atoms with Crippen LogP contribution >= 0.6 is 11.3 Å². The second-order valence-electron chi connectivity index (χ2n) is 4.66. The normalized spacial score (nSPS) is 10.7. The largest absolute Gasteiger partial charge is 0.302 e. The fourth-order valence-corrected chi connectivity index (χ4v) is 2.90. The van der Waals surface area contributed by atoms with Crippen molar-refractivity contribution in [3.63, 3.8) is 0 Å². The third kappa shape index (κ3) is 2.70. The summed E-state index contributed by atoms with van der Waals surface area (Å²) in [5, 5.41) is 7.71. The molecule has 3 aromatic rings. The molecule has 0 saturated heterocycles. The van der Waals surface area contributed by atoms with Crippen LogP contribution in [0.1, 0.15) is 11.3 Å². The van der Waals surface area contributed by atoms with Gasteiger partial charge in [-0.15, -0.1) is 11.3 Å². The summed E-state index contributed by atoms with van der Waals surface area (Å²) in [7, 11) is 0. The van der Waals surface area contributed by atoms with Gasteiger partial charge in [0.1, 0.15) is 0 Å². The number of aromatic nitrogens is 1. The topological polar surface area (TPSA) is 42.0 Å². The van der Waals surface area contributed by atoms with E-state index in [1.165, 1.54) is 11.3 Å². The Morgan fingerprint density at radius 2 is 2.00 bits per heavy atom. The van der Waals surface area contributed by atoms with Crippen LogP contribution < -0.4 is 5.32 Å². The summed E-state index contributed by atoms with van der Waals surface area (Å²) in [5.74, 6) is -0.0318. The van der Waals surface area contributed by atoms with Crippen molar-refractivity contribution in [2.24, 2.45) is 0 Å². The standard InChI is InChI=1S/C16H14N2OS/c1-11-10-20-16(17-11)18-15(19)9-13-7-4-6-12-5-2-3-8-14(12)13/h2-8,10H,9H2,1H3,(H,17,18,19). The van der Waals surface area contributed by atoms with E-state index in [1.54, 1.807) is 0 Å². The van der Waals surface area contributed by atoms with Gasteiger partial charge in [-0.3, -0.25) is 4.79 Å². The van der Waals surface area contributed by atoms with Crippen LogP contribution in [0.4, 0.5) is 5.13 Å². The number of hydrogen-bond acceptors (Lipinski definition) is 3. The number of nitrogens with zero attached hydrogens (tertiary/aromatic N) is 1. The van der Waals surface area contributed by atoms with Gasteiger partial charge in [-0.1, -0.05) is 42.5 Å². The Morgan fingerprint density at radius 3 is 2.80 bits per heavy atom. The first-order valence-electron chi connectivity index (χ1n) is 6.41. The van der Waals surface area contributed by atoms with Crippen molar-refractivity contribution in [1.29, 1.82) is 0 Å². The van der Waals surface area contributed by atoms with Crippen LogP contribution in [-0.4, -0.2) is 10.9 Å². The molecule has 0 spiro atoms. The van der Waals surface area contributed by atoms with Crippen molar-refractivity contribution in [1.82, 2.24) is 4.98 Å². The molecule has 2 aromatic carbocycles. The van der Waals surface area contributed by atoms with E-state index in [9.17, 15) is 4.79 Å². The van der Waals surface area contributed by atoms with Crippen LogP contribution in [0, 0.1) is 6.92 Å². The minimum Gasteiger partial charge on any atom is -0.302 e. The minimum atomic E-state index is -0.0318. The average molecular weight is 282 g/mol. The molecule has 0 fully saturated rings. The molecule has 3 rings (SSSR count). The molecule has 0 atom stereocenters. The van der Waals surface area contributed by atoms with Crippen molar-refractivity contribution >= 4 is 33.1 Å². The van der Waals surface area contributed by atoms with Gasteiger partial charge in [-0.2, -0.15) is 0 Å². The van der Waals surface area contributed by atoms with Gasteiger partial charge in [0.05, 0.1) is 12.1 Å². The van der Waals surface area contributed by atoms with E-state index in [2.05, 4.69) is 22.4 Å². The smallest absolute Gasteiger partial charge is 0.230 e. The van der Waals surface area contributed by atoms with Gasteiger partial charge in [0.25, 0.3) is 0 Å². The first kappa shape index (κ1) is 12.8. The molecule has 0 aliphatic heterocycles. The number of carbonyl (C=O) groups is 1. The molecule has 100 valence electrons. The summed E-state index contributed by atoms with van der Waals surface area (Å²) >= 11 is 1.45. The number of nitrogens with one attached hydrogen (secondary N) is 1. The van der Waals surface area contributed by atoms with Crippen molar-refractivity contribution in [2.45, 2.75) is 13.3 Å². The lowest BCUT2D eigenvalue weighted by atomic mass is 10.0. The molecule has 0 aliphatic carbocycles. The minimum absolute atomic E-state index is 0.0318. The molecule has 20 heavy (non-hydrogen) atoms. The Labute approximate surface area is 121 Å². The highest BCUT2D eigenvalue weighted by Gasteiger charge is 2.08. The van der Waals surface area contributed by atoms with Crippen molar-refractivity contribution in [3.8, 4) is 0 Å². The number of hydrogen-bond donors (Lipinski definition) is 1. The zero-order valence-corrected chi connectivity index (χ0v) is 11.9.